The number of hydrogen-bond acceptors (Lipinski definition) is 4. The summed E-state index contributed by atoms with van der Waals surface area (Å²) in [6.45, 7) is 0.831. The molecule has 0 unspecified atom stereocenters. The first-order chi connectivity index (χ1) is 7.66. The van der Waals surface area contributed by atoms with E-state index in [1.807, 2.05) is 19.2 Å². The molecule has 0 amide bonds. The SMILES string of the molecule is CN(Cc1csc(Br)c1)c1cccnc1N. The molecule has 0 fully saturated rings. The van der Waals surface area contributed by atoms with Crippen molar-refractivity contribution in [2.45, 2.75) is 6.54 Å². The molecule has 0 saturated carbocycles. The maximum absolute atomic E-state index is 5.82. The summed E-state index contributed by atoms with van der Waals surface area (Å²) in [5.74, 6) is 0.569. The van der Waals surface area contributed by atoms with Gasteiger partial charge in [-0.15, -0.1) is 11.3 Å². The average molecular weight is 298 g/mol. The first kappa shape index (κ1) is 11.4. The molecule has 0 saturated heterocycles. The van der Waals surface area contributed by atoms with Crippen LogP contribution < -0.4 is 10.6 Å². The van der Waals surface area contributed by atoms with Gasteiger partial charge in [-0.05, 0) is 45.1 Å². The Morgan fingerprint density at radius 2 is 2.38 bits per heavy atom. The van der Waals surface area contributed by atoms with Gasteiger partial charge in [0.2, 0.25) is 0 Å². The van der Waals surface area contributed by atoms with E-state index < -0.39 is 0 Å². The van der Waals surface area contributed by atoms with Crippen LogP contribution in [0, 0.1) is 0 Å². The normalized spacial score (nSPS) is 10.4. The Balaban J connectivity index is 2.14. The largest absolute Gasteiger partial charge is 0.382 e. The van der Waals surface area contributed by atoms with Crippen molar-refractivity contribution >= 4 is 38.8 Å². The number of pyridine rings is 1. The van der Waals surface area contributed by atoms with Crippen molar-refractivity contribution in [3.05, 3.63) is 39.1 Å². The van der Waals surface area contributed by atoms with Gasteiger partial charge in [0, 0.05) is 19.8 Å². The van der Waals surface area contributed by atoms with Crippen LogP contribution in [0.4, 0.5) is 11.5 Å². The average Bonchev–Trinajstić information content (AvgIpc) is 2.64. The zero-order valence-corrected chi connectivity index (χ0v) is 11.3. The zero-order valence-electron chi connectivity index (χ0n) is 8.85. The van der Waals surface area contributed by atoms with Crippen LogP contribution in [0.2, 0.25) is 0 Å². The summed E-state index contributed by atoms with van der Waals surface area (Å²) in [5, 5.41) is 2.13. The Morgan fingerprint density at radius 3 is 3.00 bits per heavy atom. The van der Waals surface area contributed by atoms with Gasteiger partial charge in [0.25, 0.3) is 0 Å². The molecule has 0 atom stereocenters. The molecule has 0 aliphatic rings. The van der Waals surface area contributed by atoms with E-state index in [0.717, 1.165) is 16.0 Å². The van der Waals surface area contributed by atoms with Crippen LogP contribution in [0.3, 0.4) is 0 Å². The highest BCUT2D eigenvalue weighted by Gasteiger charge is 2.07. The van der Waals surface area contributed by atoms with Crippen LogP contribution in [0.1, 0.15) is 5.56 Å². The minimum atomic E-state index is 0.569. The summed E-state index contributed by atoms with van der Waals surface area (Å²) in [5.41, 5.74) is 8.05. The Bertz CT molecular complexity index is 484. The van der Waals surface area contributed by atoms with E-state index in [9.17, 15) is 0 Å². The van der Waals surface area contributed by atoms with Crippen LogP contribution in [0.15, 0.2) is 33.6 Å². The molecule has 2 aromatic heterocycles. The fourth-order valence-corrected chi connectivity index (χ4v) is 2.72. The molecule has 84 valence electrons. The quantitative estimate of drug-likeness (QED) is 0.946. The summed E-state index contributed by atoms with van der Waals surface area (Å²) in [6, 6.07) is 5.99. The van der Waals surface area contributed by atoms with Crippen molar-refractivity contribution in [2.75, 3.05) is 17.7 Å². The van der Waals surface area contributed by atoms with Gasteiger partial charge >= 0.3 is 0 Å². The van der Waals surface area contributed by atoms with Gasteiger partial charge in [-0.1, -0.05) is 0 Å². The standard InChI is InChI=1S/C11H12BrN3S/c1-15(6-8-5-10(12)16-7-8)9-3-2-4-14-11(9)13/h2-5,7H,6H2,1H3,(H2,13,14). The smallest absolute Gasteiger partial charge is 0.146 e. The van der Waals surface area contributed by atoms with Crippen molar-refractivity contribution in [1.29, 1.82) is 0 Å². The number of nitrogens with two attached hydrogens (primary N) is 1. The van der Waals surface area contributed by atoms with Crippen molar-refractivity contribution in [3.8, 4) is 0 Å². The van der Waals surface area contributed by atoms with Crippen molar-refractivity contribution < 1.29 is 0 Å². The molecule has 2 aromatic rings. The van der Waals surface area contributed by atoms with E-state index in [-0.39, 0.29) is 0 Å². The van der Waals surface area contributed by atoms with E-state index in [1.165, 1.54) is 5.56 Å². The lowest BCUT2D eigenvalue weighted by Crippen LogP contribution is -2.17. The summed E-state index contributed by atoms with van der Waals surface area (Å²) < 4.78 is 1.15. The second-order valence-corrected chi connectivity index (χ2v) is 5.81. The van der Waals surface area contributed by atoms with E-state index >= 15 is 0 Å². The Hall–Kier alpha value is -1.07. The number of nitrogens with zero attached hydrogens (tertiary/aromatic N) is 2. The topological polar surface area (TPSA) is 42.2 Å². The van der Waals surface area contributed by atoms with Gasteiger partial charge in [0.05, 0.1) is 9.47 Å². The number of hydrogen-bond donors (Lipinski definition) is 1. The van der Waals surface area contributed by atoms with Crippen LogP contribution in [0.5, 0.6) is 0 Å². The van der Waals surface area contributed by atoms with Crippen molar-refractivity contribution in [3.63, 3.8) is 0 Å². The second-order valence-electron chi connectivity index (χ2n) is 3.52. The number of halogens is 1. The van der Waals surface area contributed by atoms with E-state index in [1.54, 1.807) is 17.5 Å². The highest BCUT2D eigenvalue weighted by molar-refractivity contribution is 9.11. The molecule has 3 nitrogen and oxygen atoms in total. The lowest BCUT2D eigenvalue weighted by molar-refractivity contribution is 0.924. The zero-order chi connectivity index (χ0) is 11.5. The molecule has 0 aliphatic carbocycles. The van der Waals surface area contributed by atoms with Gasteiger partial charge in [-0.25, -0.2) is 4.98 Å². The predicted octanol–water partition coefficient (Wildman–Crippen LogP) is 3.12. The number of rotatable bonds is 3. The molecule has 0 radical (unpaired) electrons. The van der Waals surface area contributed by atoms with Crippen LogP contribution >= 0.6 is 27.3 Å². The van der Waals surface area contributed by atoms with Gasteiger partial charge in [-0.3, -0.25) is 0 Å². The maximum atomic E-state index is 5.82. The van der Waals surface area contributed by atoms with E-state index in [2.05, 4.69) is 37.3 Å². The monoisotopic (exact) mass is 297 g/mol. The number of thiophene rings is 1. The molecule has 0 bridgehead atoms. The fourth-order valence-electron chi connectivity index (χ4n) is 1.52. The second kappa shape index (κ2) is 4.84. The Labute approximate surface area is 107 Å². The molecule has 0 spiro atoms. The summed E-state index contributed by atoms with van der Waals surface area (Å²) in [7, 11) is 2.01. The van der Waals surface area contributed by atoms with E-state index in [4.69, 9.17) is 5.73 Å². The van der Waals surface area contributed by atoms with Crippen molar-refractivity contribution in [2.24, 2.45) is 0 Å². The van der Waals surface area contributed by atoms with Crippen LogP contribution in [-0.2, 0) is 6.54 Å². The molecule has 16 heavy (non-hydrogen) atoms. The van der Waals surface area contributed by atoms with Crippen LogP contribution in [-0.4, -0.2) is 12.0 Å². The molecule has 2 rings (SSSR count). The molecule has 5 heteroatoms. The number of aromatic nitrogens is 1. The number of nitrogen functional groups attached to an aromatic ring is 1. The van der Waals surface area contributed by atoms with Gasteiger partial charge in [-0.2, -0.15) is 0 Å². The lowest BCUT2D eigenvalue weighted by Gasteiger charge is -2.19. The summed E-state index contributed by atoms with van der Waals surface area (Å²) in [4.78, 5) is 6.17. The minimum Gasteiger partial charge on any atom is -0.382 e. The molecular weight excluding hydrogens is 286 g/mol. The highest BCUT2D eigenvalue weighted by atomic mass is 79.9. The predicted molar refractivity (Wildman–Crippen MR) is 72.8 cm³/mol. The first-order valence-corrected chi connectivity index (χ1v) is 6.48. The third kappa shape index (κ3) is 2.54. The third-order valence-corrected chi connectivity index (χ3v) is 3.82. The summed E-state index contributed by atoms with van der Waals surface area (Å²) >= 11 is 5.14. The maximum Gasteiger partial charge on any atom is 0.146 e. The van der Waals surface area contributed by atoms with Crippen LogP contribution in [0.25, 0.3) is 0 Å². The third-order valence-electron chi connectivity index (χ3n) is 2.27. The van der Waals surface area contributed by atoms with Crippen molar-refractivity contribution in [1.82, 2.24) is 4.98 Å². The Morgan fingerprint density at radius 1 is 1.56 bits per heavy atom. The summed E-state index contributed by atoms with van der Waals surface area (Å²) in [6.07, 6.45) is 1.70. The first-order valence-electron chi connectivity index (χ1n) is 4.81. The van der Waals surface area contributed by atoms with E-state index in [0.29, 0.717) is 5.82 Å². The molecule has 2 heterocycles. The molecule has 0 aliphatic heterocycles. The Kier molecular flexibility index (Phi) is 3.46. The highest BCUT2D eigenvalue weighted by Crippen LogP contribution is 2.25. The van der Waals surface area contributed by atoms with Gasteiger partial charge < -0.3 is 10.6 Å². The lowest BCUT2D eigenvalue weighted by atomic mass is 10.3. The van der Waals surface area contributed by atoms with Gasteiger partial charge in [0.1, 0.15) is 5.82 Å². The van der Waals surface area contributed by atoms with Gasteiger partial charge in [0.15, 0.2) is 0 Å². The minimum absolute atomic E-state index is 0.569. The number of anilines is 2. The fraction of sp³-hybridized carbons (Fsp3) is 0.182. The molecule has 0 aromatic carbocycles. The molecule has 2 N–H and O–H groups in total. The molecular formula is C11H12BrN3S.